The van der Waals surface area contributed by atoms with Crippen LogP contribution in [-0.4, -0.2) is 62.9 Å². The smallest absolute Gasteiger partial charge is 0.320 e. The molecule has 1 atom stereocenters. The van der Waals surface area contributed by atoms with Gasteiger partial charge in [-0.1, -0.05) is 6.92 Å². The number of rotatable bonds is 5. The number of thioether (sulfide) groups is 1. The fourth-order valence-corrected chi connectivity index (χ4v) is 4.51. The maximum absolute atomic E-state index is 12.5. The Labute approximate surface area is 145 Å². The van der Waals surface area contributed by atoms with Crippen molar-refractivity contribution in [2.24, 2.45) is 0 Å². The second kappa shape index (κ2) is 8.00. The van der Waals surface area contributed by atoms with Crippen LogP contribution in [-0.2, 0) is 19.6 Å². The Morgan fingerprint density at radius 3 is 2.58 bits per heavy atom. The van der Waals surface area contributed by atoms with Crippen molar-refractivity contribution in [3.05, 3.63) is 29.8 Å². The number of nitrogens with zero attached hydrogens (tertiary/aromatic N) is 1. The van der Waals surface area contributed by atoms with E-state index in [1.165, 1.54) is 43.1 Å². The average molecular weight is 372 g/mol. The van der Waals surface area contributed by atoms with E-state index in [1.807, 2.05) is 0 Å². The molecule has 2 rings (SSSR count). The summed E-state index contributed by atoms with van der Waals surface area (Å²) in [5.74, 6) is 0.0828. The molecule has 0 aliphatic carbocycles. The summed E-state index contributed by atoms with van der Waals surface area (Å²) in [6, 6.07) is 5.78. The molecule has 0 aromatic heterocycles. The highest BCUT2D eigenvalue weighted by Gasteiger charge is 2.30. The average Bonchev–Trinajstić information content (AvgIpc) is 2.60. The molecule has 1 aliphatic rings. The molecule has 24 heavy (non-hydrogen) atoms. The highest BCUT2D eigenvalue weighted by atomic mass is 32.2. The number of esters is 1. The van der Waals surface area contributed by atoms with Crippen molar-refractivity contribution in [2.45, 2.75) is 17.1 Å². The molecule has 0 radical (unpaired) electrons. The van der Waals surface area contributed by atoms with Crippen LogP contribution >= 0.6 is 11.8 Å². The molecule has 1 amide bonds. The van der Waals surface area contributed by atoms with Crippen molar-refractivity contribution < 1.29 is 22.7 Å². The first kappa shape index (κ1) is 18.8. The summed E-state index contributed by atoms with van der Waals surface area (Å²) in [4.78, 5) is 25.9. The largest absolute Gasteiger partial charge is 0.468 e. The minimum absolute atomic E-state index is 0.113. The first-order valence-corrected chi connectivity index (χ1v) is 10.0. The number of hydrogen-bond donors (Lipinski definition) is 1. The van der Waals surface area contributed by atoms with Crippen molar-refractivity contribution in [1.29, 1.82) is 0 Å². The minimum atomic E-state index is -3.54. The normalized spacial score (nSPS) is 18.2. The Morgan fingerprint density at radius 1 is 1.33 bits per heavy atom. The molecule has 0 unspecified atom stereocenters. The molecule has 1 saturated heterocycles. The molecule has 132 valence electrons. The van der Waals surface area contributed by atoms with E-state index in [4.69, 9.17) is 4.74 Å². The van der Waals surface area contributed by atoms with Crippen molar-refractivity contribution >= 4 is 33.7 Å². The van der Waals surface area contributed by atoms with E-state index in [9.17, 15) is 18.0 Å². The van der Waals surface area contributed by atoms with E-state index in [-0.39, 0.29) is 28.6 Å². The van der Waals surface area contributed by atoms with Crippen molar-refractivity contribution in [2.75, 3.05) is 32.5 Å². The molecule has 9 heteroatoms. The van der Waals surface area contributed by atoms with Crippen LogP contribution in [0.1, 0.15) is 17.3 Å². The predicted octanol–water partition coefficient (Wildman–Crippen LogP) is 0.715. The van der Waals surface area contributed by atoms with Gasteiger partial charge in [0.05, 0.1) is 12.0 Å². The van der Waals surface area contributed by atoms with E-state index in [1.54, 1.807) is 11.8 Å². The molecule has 0 saturated carbocycles. The van der Waals surface area contributed by atoms with Crippen LogP contribution in [0.5, 0.6) is 0 Å². The molecule has 1 N–H and O–H groups in total. The Kier molecular flexibility index (Phi) is 6.25. The maximum Gasteiger partial charge on any atom is 0.320 e. The lowest BCUT2D eigenvalue weighted by molar-refractivity contribution is -0.140. The zero-order valence-corrected chi connectivity index (χ0v) is 15.2. The Bertz CT molecular complexity index is 703. The van der Waals surface area contributed by atoms with Gasteiger partial charge in [0.25, 0.3) is 5.91 Å². The van der Waals surface area contributed by atoms with E-state index < -0.39 is 10.0 Å². The van der Waals surface area contributed by atoms with Gasteiger partial charge in [-0.15, -0.1) is 11.8 Å². The summed E-state index contributed by atoms with van der Waals surface area (Å²) < 4.78 is 30.9. The standard InChI is InChI=1S/C15H20N2O5S2/c1-3-16-24(20,21)12-6-4-11(5-7-12)14(18)17-8-9-23-13(10-17)15(19)22-2/h4-7,13,16H,3,8-10H2,1-2H3/t13-/m1/s1. The Morgan fingerprint density at radius 2 is 2.00 bits per heavy atom. The summed E-state index contributed by atoms with van der Waals surface area (Å²) in [5, 5.41) is -0.388. The summed E-state index contributed by atoms with van der Waals surface area (Å²) in [6.45, 7) is 2.81. The number of hydrogen-bond acceptors (Lipinski definition) is 6. The number of carbonyl (C=O) groups is 2. The van der Waals surface area contributed by atoms with Gasteiger partial charge < -0.3 is 9.64 Å². The fourth-order valence-electron chi connectivity index (χ4n) is 2.34. The molecule has 0 spiro atoms. The first-order valence-electron chi connectivity index (χ1n) is 7.47. The predicted molar refractivity (Wildman–Crippen MR) is 91.5 cm³/mol. The van der Waals surface area contributed by atoms with Gasteiger partial charge in [-0.2, -0.15) is 0 Å². The molecule has 1 aromatic rings. The zero-order valence-electron chi connectivity index (χ0n) is 13.5. The number of benzene rings is 1. The minimum Gasteiger partial charge on any atom is -0.468 e. The Hall–Kier alpha value is -1.58. The second-order valence-corrected chi connectivity index (χ2v) is 8.24. The van der Waals surface area contributed by atoms with Crippen LogP contribution in [0, 0.1) is 0 Å². The van der Waals surface area contributed by atoms with Gasteiger partial charge in [0.1, 0.15) is 5.25 Å². The third kappa shape index (κ3) is 4.28. The summed E-state index contributed by atoms with van der Waals surface area (Å²) in [7, 11) is -2.21. The highest BCUT2D eigenvalue weighted by Crippen LogP contribution is 2.21. The second-order valence-electron chi connectivity index (χ2n) is 5.16. The summed E-state index contributed by atoms with van der Waals surface area (Å²) in [5.41, 5.74) is 0.390. The highest BCUT2D eigenvalue weighted by molar-refractivity contribution is 8.00. The quantitative estimate of drug-likeness (QED) is 0.766. The van der Waals surface area contributed by atoms with E-state index >= 15 is 0 Å². The first-order chi connectivity index (χ1) is 11.4. The lowest BCUT2D eigenvalue weighted by Gasteiger charge is -2.31. The lowest BCUT2D eigenvalue weighted by Crippen LogP contribution is -2.44. The van der Waals surface area contributed by atoms with Crippen LogP contribution in [0.4, 0.5) is 0 Å². The molecule has 7 nitrogen and oxygen atoms in total. The number of ether oxygens (including phenoxy) is 1. The number of amides is 1. The van der Waals surface area contributed by atoms with Gasteiger partial charge in [0.15, 0.2) is 0 Å². The molecule has 1 fully saturated rings. The third-order valence-electron chi connectivity index (χ3n) is 3.56. The van der Waals surface area contributed by atoms with Gasteiger partial charge in [-0.05, 0) is 24.3 Å². The Balaban J connectivity index is 2.11. The van der Waals surface area contributed by atoms with Crippen LogP contribution in [0.25, 0.3) is 0 Å². The molecule has 0 bridgehead atoms. The van der Waals surface area contributed by atoms with Gasteiger partial charge in [0, 0.05) is 31.0 Å². The van der Waals surface area contributed by atoms with Gasteiger partial charge in [0.2, 0.25) is 10.0 Å². The number of carbonyl (C=O) groups excluding carboxylic acids is 2. The van der Waals surface area contributed by atoms with Crippen LogP contribution in [0.15, 0.2) is 29.2 Å². The number of nitrogens with one attached hydrogen (secondary N) is 1. The van der Waals surface area contributed by atoms with Gasteiger partial charge in [-0.3, -0.25) is 9.59 Å². The molecular formula is C15H20N2O5S2. The van der Waals surface area contributed by atoms with E-state index in [0.29, 0.717) is 24.4 Å². The number of methoxy groups -OCH3 is 1. The molecular weight excluding hydrogens is 352 g/mol. The molecule has 1 aliphatic heterocycles. The molecule has 1 heterocycles. The SMILES string of the molecule is CCNS(=O)(=O)c1ccc(C(=O)N2CCS[C@@H](C(=O)OC)C2)cc1. The fraction of sp³-hybridized carbons (Fsp3) is 0.467. The summed E-state index contributed by atoms with van der Waals surface area (Å²) >= 11 is 1.47. The zero-order chi connectivity index (χ0) is 17.7. The van der Waals surface area contributed by atoms with Crippen molar-refractivity contribution in [3.63, 3.8) is 0 Å². The van der Waals surface area contributed by atoms with Crippen molar-refractivity contribution in [1.82, 2.24) is 9.62 Å². The number of sulfonamides is 1. The van der Waals surface area contributed by atoms with E-state index in [0.717, 1.165) is 0 Å². The van der Waals surface area contributed by atoms with Gasteiger partial charge in [-0.25, -0.2) is 13.1 Å². The topological polar surface area (TPSA) is 92.8 Å². The van der Waals surface area contributed by atoms with Gasteiger partial charge >= 0.3 is 5.97 Å². The maximum atomic E-state index is 12.5. The third-order valence-corrected chi connectivity index (χ3v) is 6.29. The summed E-state index contributed by atoms with van der Waals surface area (Å²) in [6.07, 6.45) is 0. The monoisotopic (exact) mass is 372 g/mol. The van der Waals surface area contributed by atoms with Crippen LogP contribution in [0.3, 0.4) is 0 Å². The molecule has 1 aromatic carbocycles. The lowest BCUT2D eigenvalue weighted by atomic mass is 10.2. The van der Waals surface area contributed by atoms with Crippen LogP contribution < -0.4 is 4.72 Å². The van der Waals surface area contributed by atoms with Crippen LogP contribution in [0.2, 0.25) is 0 Å². The van der Waals surface area contributed by atoms with Crippen molar-refractivity contribution in [3.8, 4) is 0 Å². The van der Waals surface area contributed by atoms with E-state index in [2.05, 4.69) is 4.72 Å².